The zero-order chi connectivity index (χ0) is 8.32. The maximum absolute atomic E-state index is 8.85. The second kappa shape index (κ2) is 3.77. The van der Waals surface area contributed by atoms with Gasteiger partial charge in [-0.3, -0.25) is 0 Å². The van der Waals surface area contributed by atoms with Crippen LogP contribution < -0.4 is 0 Å². The van der Waals surface area contributed by atoms with Crippen molar-refractivity contribution in [3.63, 3.8) is 0 Å². The van der Waals surface area contributed by atoms with Gasteiger partial charge in [0.05, 0.1) is 0 Å². The number of rotatable bonds is 4. The maximum atomic E-state index is 8.85. The lowest BCUT2D eigenvalue weighted by Gasteiger charge is -2.05. The van der Waals surface area contributed by atoms with Crippen LogP contribution >= 0.6 is 22.6 Å². The third-order valence-corrected chi connectivity index (χ3v) is 4.15. The first kappa shape index (κ1) is 9.34. The third-order valence-electron chi connectivity index (χ3n) is 2.29. The van der Waals surface area contributed by atoms with E-state index in [2.05, 4.69) is 28.5 Å². The van der Waals surface area contributed by atoms with Crippen LogP contribution in [0.5, 0.6) is 0 Å². The summed E-state index contributed by atoms with van der Waals surface area (Å²) < 4.78 is 0.392. The van der Waals surface area contributed by atoms with Crippen molar-refractivity contribution >= 4 is 22.6 Å². The van der Waals surface area contributed by atoms with E-state index < -0.39 is 0 Å². The Morgan fingerprint density at radius 3 is 2.91 bits per heavy atom. The van der Waals surface area contributed by atoms with E-state index in [9.17, 15) is 0 Å². The van der Waals surface area contributed by atoms with Gasteiger partial charge in [-0.15, -0.1) is 12.3 Å². The van der Waals surface area contributed by atoms with Gasteiger partial charge in [0.2, 0.25) is 0 Å². The molecular formula is C9H13IO. The van der Waals surface area contributed by atoms with Crippen molar-refractivity contribution in [3.8, 4) is 12.3 Å². The first-order valence-electron chi connectivity index (χ1n) is 3.96. The molecule has 1 aliphatic rings. The summed E-state index contributed by atoms with van der Waals surface area (Å²) in [6.45, 7) is 0.346. The molecule has 0 heterocycles. The highest BCUT2D eigenvalue weighted by Crippen LogP contribution is 2.54. The van der Waals surface area contributed by atoms with Gasteiger partial charge < -0.3 is 5.11 Å². The molecule has 1 nitrogen and oxygen atoms in total. The molecule has 0 spiro atoms. The number of alkyl halides is 1. The van der Waals surface area contributed by atoms with Crippen molar-refractivity contribution < 1.29 is 5.11 Å². The Hall–Kier alpha value is 0.250. The van der Waals surface area contributed by atoms with Crippen molar-refractivity contribution in [2.24, 2.45) is 5.92 Å². The van der Waals surface area contributed by atoms with Gasteiger partial charge in [0, 0.05) is 16.4 Å². The van der Waals surface area contributed by atoms with Crippen LogP contribution in [0.3, 0.4) is 0 Å². The highest BCUT2D eigenvalue weighted by atomic mass is 127. The monoisotopic (exact) mass is 264 g/mol. The Morgan fingerprint density at radius 1 is 1.73 bits per heavy atom. The van der Waals surface area contributed by atoms with Gasteiger partial charge in [-0.1, -0.05) is 22.6 Å². The van der Waals surface area contributed by atoms with Gasteiger partial charge in [-0.05, 0) is 25.2 Å². The molecule has 2 atom stereocenters. The quantitative estimate of drug-likeness (QED) is 0.356. The highest BCUT2D eigenvalue weighted by Gasteiger charge is 2.50. The van der Waals surface area contributed by atoms with Crippen LogP contribution in [0.1, 0.15) is 25.7 Å². The van der Waals surface area contributed by atoms with E-state index in [1.165, 1.54) is 12.8 Å². The number of halogens is 1. The molecule has 2 heteroatoms. The molecule has 0 aromatic heterocycles. The van der Waals surface area contributed by atoms with Gasteiger partial charge >= 0.3 is 0 Å². The van der Waals surface area contributed by atoms with Crippen LogP contribution in [0, 0.1) is 18.3 Å². The number of aliphatic hydroxyl groups is 1. The van der Waals surface area contributed by atoms with Crippen LogP contribution in [0.15, 0.2) is 0 Å². The van der Waals surface area contributed by atoms with Crippen molar-refractivity contribution in [3.05, 3.63) is 0 Å². The van der Waals surface area contributed by atoms with Gasteiger partial charge in [0.15, 0.2) is 0 Å². The Morgan fingerprint density at radius 2 is 2.45 bits per heavy atom. The smallest absolute Gasteiger partial charge is 0.0472 e. The van der Waals surface area contributed by atoms with E-state index in [1.807, 2.05) is 0 Å². The Labute approximate surface area is 81.7 Å². The summed E-state index contributed by atoms with van der Waals surface area (Å²) in [5.74, 6) is 3.18. The summed E-state index contributed by atoms with van der Waals surface area (Å²) in [4.78, 5) is 0. The lowest BCUT2D eigenvalue weighted by molar-refractivity contribution is 0.271. The van der Waals surface area contributed by atoms with Crippen LogP contribution in [0.4, 0.5) is 0 Å². The van der Waals surface area contributed by atoms with Crippen molar-refractivity contribution in [2.75, 3.05) is 6.61 Å². The Bertz CT molecular complexity index is 173. The molecule has 0 aromatic carbocycles. The minimum Gasteiger partial charge on any atom is -0.396 e. The molecule has 0 saturated heterocycles. The maximum Gasteiger partial charge on any atom is 0.0472 e. The molecule has 62 valence electrons. The third kappa shape index (κ3) is 2.34. The first-order valence-corrected chi connectivity index (χ1v) is 5.04. The largest absolute Gasteiger partial charge is 0.396 e. The Kier molecular flexibility index (Phi) is 3.20. The van der Waals surface area contributed by atoms with Crippen molar-refractivity contribution in [2.45, 2.75) is 29.1 Å². The minimum absolute atomic E-state index is 0.346. The molecule has 0 aliphatic heterocycles. The summed E-state index contributed by atoms with van der Waals surface area (Å²) in [5, 5.41) is 8.85. The standard InChI is InChI=1S/C9H13IO/c1-2-3-4-5-9(10)6-8(9)7-11/h1,8,11H,3-7H2/t8-,9-/m1/s1. The molecule has 1 N–H and O–H groups in total. The van der Waals surface area contributed by atoms with E-state index in [0.717, 1.165) is 12.8 Å². The fourth-order valence-corrected chi connectivity index (χ4v) is 2.48. The van der Waals surface area contributed by atoms with E-state index in [1.54, 1.807) is 0 Å². The molecule has 1 fully saturated rings. The van der Waals surface area contributed by atoms with Gasteiger partial charge in [0.25, 0.3) is 0 Å². The van der Waals surface area contributed by atoms with Gasteiger partial charge in [-0.25, -0.2) is 0 Å². The van der Waals surface area contributed by atoms with E-state index in [0.29, 0.717) is 15.9 Å². The molecule has 1 rings (SSSR count). The number of unbranched alkanes of at least 4 members (excludes halogenated alkanes) is 1. The minimum atomic E-state index is 0.346. The van der Waals surface area contributed by atoms with Crippen LogP contribution in [0.25, 0.3) is 0 Å². The zero-order valence-electron chi connectivity index (χ0n) is 6.52. The van der Waals surface area contributed by atoms with Gasteiger partial charge in [-0.2, -0.15) is 0 Å². The molecule has 1 saturated carbocycles. The molecule has 0 bridgehead atoms. The number of hydrogen-bond acceptors (Lipinski definition) is 1. The SMILES string of the molecule is C#CCCC[C@@]1(I)C[C@@H]1CO. The fourth-order valence-electron chi connectivity index (χ4n) is 1.37. The second-order valence-electron chi connectivity index (χ2n) is 3.18. The molecule has 1 aliphatic carbocycles. The topological polar surface area (TPSA) is 20.2 Å². The molecule has 0 radical (unpaired) electrons. The van der Waals surface area contributed by atoms with Crippen LogP contribution in [-0.2, 0) is 0 Å². The van der Waals surface area contributed by atoms with Crippen molar-refractivity contribution in [1.29, 1.82) is 0 Å². The summed E-state index contributed by atoms with van der Waals surface area (Å²) in [6.07, 6.45) is 9.47. The summed E-state index contributed by atoms with van der Waals surface area (Å²) in [6, 6.07) is 0. The van der Waals surface area contributed by atoms with E-state index >= 15 is 0 Å². The van der Waals surface area contributed by atoms with Crippen LogP contribution in [0.2, 0.25) is 0 Å². The first-order chi connectivity index (χ1) is 5.23. The fraction of sp³-hybridized carbons (Fsp3) is 0.778. The highest BCUT2D eigenvalue weighted by molar-refractivity contribution is 14.1. The van der Waals surface area contributed by atoms with Crippen LogP contribution in [-0.4, -0.2) is 15.1 Å². The second-order valence-corrected chi connectivity index (χ2v) is 5.32. The summed E-state index contributed by atoms with van der Waals surface area (Å²) in [5.41, 5.74) is 0. The molecule has 11 heavy (non-hydrogen) atoms. The van der Waals surface area contributed by atoms with E-state index in [4.69, 9.17) is 11.5 Å². The lowest BCUT2D eigenvalue weighted by Crippen LogP contribution is -2.03. The van der Waals surface area contributed by atoms with E-state index in [-0.39, 0.29) is 0 Å². The predicted octanol–water partition coefficient (Wildman–Crippen LogP) is 1.98. The zero-order valence-corrected chi connectivity index (χ0v) is 8.67. The summed E-state index contributed by atoms with van der Waals surface area (Å²) >= 11 is 2.46. The molecular weight excluding hydrogens is 251 g/mol. The number of terminal acetylenes is 1. The molecule has 0 aromatic rings. The van der Waals surface area contributed by atoms with Crippen molar-refractivity contribution in [1.82, 2.24) is 0 Å². The van der Waals surface area contributed by atoms with Gasteiger partial charge in [0.1, 0.15) is 0 Å². The normalized spacial score (nSPS) is 34.8. The molecule has 0 amide bonds. The Balaban J connectivity index is 2.14. The summed E-state index contributed by atoms with van der Waals surface area (Å²) in [7, 11) is 0. The number of aliphatic hydroxyl groups excluding tert-OH is 1. The number of hydrogen-bond donors (Lipinski definition) is 1. The predicted molar refractivity (Wildman–Crippen MR) is 54.6 cm³/mol. The molecule has 0 unspecified atom stereocenters. The average Bonchev–Trinajstić information content (AvgIpc) is 2.63. The average molecular weight is 264 g/mol. The lowest BCUT2D eigenvalue weighted by atomic mass is 10.1.